The van der Waals surface area contributed by atoms with Crippen molar-refractivity contribution in [3.8, 4) is 11.5 Å². The fourth-order valence-corrected chi connectivity index (χ4v) is 2.73. The minimum absolute atomic E-state index is 0.139. The van der Waals surface area contributed by atoms with Crippen molar-refractivity contribution in [3.05, 3.63) is 60.3 Å². The Bertz CT molecular complexity index is 931. The van der Waals surface area contributed by atoms with Crippen molar-refractivity contribution in [1.82, 2.24) is 9.99 Å². The molecule has 0 radical (unpaired) electrons. The number of nitrogens with one attached hydrogen (secondary N) is 1. The summed E-state index contributed by atoms with van der Waals surface area (Å²) >= 11 is 0. The first kappa shape index (κ1) is 17.5. The summed E-state index contributed by atoms with van der Waals surface area (Å²) in [5.41, 5.74) is 4.48. The fourth-order valence-electron chi connectivity index (χ4n) is 2.73. The molecular formula is C20H21N3O3. The minimum atomic E-state index is -0.139. The minimum Gasteiger partial charge on any atom is -0.493 e. The van der Waals surface area contributed by atoms with Gasteiger partial charge in [0.05, 0.1) is 20.4 Å². The number of hydrogen-bond acceptors (Lipinski definition) is 4. The summed E-state index contributed by atoms with van der Waals surface area (Å²) in [7, 11) is 3.16. The molecule has 6 heteroatoms. The Morgan fingerprint density at radius 1 is 1.12 bits per heavy atom. The maximum atomic E-state index is 12.0. The number of hydrazone groups is 1. The molecule has 3 rings (SSSR count). The Morgan fingerprint density at radius 2 is 1.92 bits per heavy atom. The summed E-state index contributed by atoms with van der Waals surface area (Å²) in [6.45, 7) is 0.602. The van der Waals surface area contributed by atoms with E-state index in [1.54, 1.807) is 32.6 Å². The van der Waals surface area contributed by atoms with Crippen molar-refractivity contribution in [1.29, 1.82) is 0 Å². The Kier molecular flexibility index (Phi) is 5.53. The Balaban J connectivity index is 1.54. The van der Waals surface area contributed by atoms with Gasteiger partial charge in [-0.2, -0.15) is 5.10 Å². The molecule has 1 N–H and O–H groups in total. The maximum absolute atomic E-state index is 12.0. The van der Waals surface area contributed by atoms with Crippen LogP contribution in [0.1, 0.15) is 12.0 Å². The van der Waals surface area contributed by atoms with E-state index >= 15 is 0 Å². The molecule has 3 aromatic rings. The summed E-state index contributed by atoms with van der Waals surface area (Å²) in [5.74, 6) is 1.12. The second-order valence-electron chi connectivity index (χ2n) is 5.73. The summed E-state index contributed by atoms with van der Waals surface area (Å²) < 4.78 is 12.5. The van der Waals surface area contributed by atoms with Crippen molar-refractivity contribution < 1.29 is 14.3 Å². The van der Waals surface area contributed by atoms with Crippen LogP contribution < -0.4 is 14.9 Å². The lowest BCUT2D eigenvalue weighted by molar-refractivity contribution is -0.121. The quantitative estimate of drug-likeness (QED) is 0.525. The summed E-state index contributed by atoms with van der Waals surface area (Å²) in [6.07, 6.45) is 3.91. The molecule has 26 heavy (non-hydrogen) atoms. The highest BCUT2D eigenvalue weighted by Crippen LogP contribution is 2.26. The van der Waals surface area contributed by atoms with Gasteiger partial charge in [0.1, 0.15) is 0 Å². The number of carbonyl (C=O) groups excluding carboxylic acids is 1. The molecule has 1 heterocycles. The van der Waals surface area contributed by atoms with E-state index in [2.05, 4.69) is 21.2 Å². The Hall–Kier alpha value is -3.28. The Labute approximate surface area is 152 Å². The van der Waals surface area contributed by atoms with Gasteiger partial charge in [-0.05, 0) is 41.3 Å². The molecule has 0 aliphatic heterocycles. The van der Waals surface area contributed by atoms with Crippen LogP contribution in [-0.2, 0) is 11.3 Å². The number of aryl methyl sites for hydroxylation is 1. The monoisotopic (exact) mass is 351 g/mol. The van der Waals surface area contributed by atoms with Crippen LogP contribution in [0.4, 0.5) is 0 Å². The van der Waals surface area contributed by atoms with Gasteiger partial charge in [0.15, 0.2) is 11.5 Å². The van der Waals surface area contributed by atoms with Crippen LogP contribution in [0.3, 0.4) is 0 Å². The van der Waals surface area contributed by atoms with Crippen LogP contribution in [-0.4, -0.2) is 30.9 Å². The topological polar surface area (TPSA) is 64.8 Å². The number of ether oxygens (including phenoxy) is 2. The molecule has 0 spiro atoms. The summed E-state index contributed by atoms with van der Waals surface area (Å²) in [4.78, 5) is 12.0. The van der Waals surface area contributed by atoms with Gasteiger partial charge in [-0.15, -0.1) is 0 Å². The second-order valence-corrected chi connectivity index (χ2v) is 5.73. The van der Waals surface area contributed by atoms with E-state index in [0.29, 0.717) is 24.5 Å². The molecule has 134 valence electrons. The molecule has 0 aliphatic rings. The molecule has 0 saturated heterocycles. The lowest BCUT2D eigenvalue weighted by Crippen LogP contribution is -2.19. The second kappa shape index (κ2) is 8.20. The highest BCUT2D eigenvalue weighted by Gasteiger charge is 2.05. The number of nitrogens with zero attached hydrogens (tertiary/aromatic N) is 2. The van der Waals surface area contributed by atoms with Gasteiger partial charge in [0.25, 0.3) is 0 Å². The van der Waals surface area contributed by atoms with Crippen LogP contribution >= 0.6 is 0 Å². The smallest absolute Gasteiger partial charge is 0.241 e. The maximum Gasteiger partial charge on any atom is 0.241 e. The zero-order chi connectivity index (χ0) is 18.4. The number of rotatable bonds is 7. The van der Waals surface area contributed by atoms with Gasteiger partial charge in [-0.25, -0.2) is 5.43 Å². The van der Waals surface area contributed by atoms with Crippen molar-refractivity contribution in [2.75, 3.05) is 14.2 Å². The van der Waals surface area contributed by atoms with E-state index in [-0.39, 0.29) is 5.91 Å². The van der Waals surface area contributed by atoms with E-state index in [1.165, 1.54) is 5.39 Å². The van der Waals surface area contributed by atoms with Crippen LogP contribution in [0.5, 0.6) is 11.5 Å². The van der Waals surface area contributed by atoms with E-state index in [9.17, 15) is 4.79 Å². The highest BCUT2D eigenvalue weighted by atomic mass is 16.5. The van der Waals surface area contributed by atoms with Crippen LogP contribution in [0.2, 0.25) is 0 Å². The standard InChI is InChI=1S/C20H21N3O3/c1-25-18-8-7-15(13-19(18)26-2)14-21-22-20(24)10-12-23-11-9-16-5-3-4-6-17(16)23/h3-9,11,13-14H,10,12H2,1-2H3,(H,22,24). The number of fused-ring (bicyclic) bond motifs is 1. The SMILES string of the molecule is COc1ccc(C=NNC(=O)CCn2ccc3ccccc32)cc1OC. The number of carbonyl (C=O) groups is 1. The molecular weight excluding hydrogens is 330 g/mol. The third-order valence-electron chi connectivity index (χ3n) is 4.07. The number of hydrogen-bond donors (Lipinski definition) is 1. The molecule has 6 nitrogen and oxygen atoms in total. The lowest BCUT2D eigenvalue weighted by atomic mass is 10.2. The zero-order valence-electron chi connectivity index (χ0n) is 14.8. The van der Waals surface area contributed by atoms with Gasteiger partial charge in [-0.1, -0.05) is 18.2 Å². The van der Waals surface area contributed by atoms with Crippen molar-refractivity contribution in [3.63, 3.8) is 0 Å². The van der Waals surface area contributed by atoms with E-state index in [0.717, 1.165) is 11.1 Å². The summed E-state index contributed by atoms with van der Waals surface area (Å²) in [5, 5.41) is 5.17. The van der Waals surface area contributed by atoms with Crippen LogP contribution in [0.25, 0.3) is 10.9 Å². The first-order chi connectivity index (χ1) is 12.7. The zero-order valence-corrected chi connectivity index (χ0v) is 14.8. The normalized spacial score (nSPS) is 11.0. The van der Waals surface area contributed by atoms with Gasteiger partial charge < -0.3 is 14.0 Å². The molecule has 0 bridgehead atoms. The van der Waals surface area contributed by atoms with Crippen LogP contribution in [0, 0.1) is 0 Å². The largest absolute Gasteiger partial charge is 0.493 e. The third kappa shape index (κ3) is 4.03. The number of benzene rings is 2. The number of para-hydroxylation sites is 1. The number of methoxy groups -OCH3 is 2. The van der Waals surface area contributed by atoms with Crippen molar-refractivity contribution in [2.24, 2.45) is 5.10 Å². The Morgan fingerprint density at radius 3 is 2.73 bits per heavy atom. The molecule has 0 saturated carbocycles. The van der Waals surface area contributed by atoms with E-state index in [1.807, 2.05) is 36.5 Å². The highest BCUT2D eigenvalue weighted by molar-refractivity contribution is 5.83. The van der Waals surface area contributed by atoms with Crippen molar-refractivity contribution >= 4 is 23.0 Å². The van der Waals surface area contributed by atoms with Gasteiger partial charge in [-0.3, -0.25) is 4.79 Å². The van der Waals surface area contributed by atoms with Gasteiger partial charge >= 0.3 is 0 Å². The molecule has 2 aromatic carbocycles. The van der Waals surface area contributed by atoms with Crippen molar-refractivity contribution in [2.45, 2.75) is 13.0 Å². The molecule has 0 unspecified atom stereocenters. The van der Waals surface area contributed by atoms with Gasteiger partial charge in [0, 0.05) is 24.7 Å². The number of aromatic nitrogens is 1. The molecule has 1 amide bonds. The lowest BCUT2D eigenvalue weighted by Gasteiger charge is -2.07. The first-order valence-corrected chi connectivity index (χ1v) is 8.29. The molecule has 1 aromatic heterocycles. The van der Waals surface area contributed by atoms with E-state index in [4.69, 9.17) is 9.47 Å². The first-order valence-electron chi connectivity index (χ1n) is 8.29. The third-order valence-corrected chi connectivity index (χ3v) is 4.07. The average Bonchev–Trinajstić information content (AvgIpc) is 3.09. The molecule has 0 atom stereocenters. The average molecular weight is 351 g/mol. The molecule has 0 aliphatic carbocycles. The number of amides is 1. The predicted octanol–water partition coefficient (Wildman–Crippen LogP) is 3.20. The van der Waals surface area contributed by atoms with Gasteiger partial charge in [0.2, 0.25) is 5.91 Å². The molecule has 0 fully saturated rings. The van der Waals surface area contributed by atoms with Crippen LogP contribution in [0.15, 0.2) is 59.8 Å². The predicted molar refractivity (Wildman–Crippen MR) is 102 cm³/mol. The van der Waals surface area contributed by atoms with E-state index < -0.39 is 0 Å². The summed E-state index contributed by atoms with van der Waals surface area (Å²) in [6, 6.07) is 15.6. The fraction of sp³-hybridized carbons (Fsp3) is 0.200.